The zero-order valence-electron chi connectivity index (χ0n) is 7.67. The molecule has 14 heavy (non-hydrogen) atoms. The Labute approximate surface area is 90.6 Å². The SMILES string of the molecule is Fc1nccc(C2CCOCC2)c1Br. The summed E-state index contributed by atoms with van der Waals surface area (Å²) in [4.78, 5) is 3.59. The van der Waals surface area contributed by atoms with E-state index in [9.17, 15) is 4.39 Å². The topological polar surface area (TPSA) is 22.1 Å². The third-order valence-electron chi connectivity index (χ3n) is 2.54. The fourth-order valence-corrected chi connectivity index (χ4v) is 2.31. The summed E-state index contributed by atoms with van der Waals surface area (Å²) >= 11 is 3.24. The van der Waals surface area contributed by atoms with E-state index in [0.29, 0.717) is 10.4 Å². The number of rotatable bonds is 1. The molecular formula is C10H11BrFNO. The van der Waals surface area contributed by atoms with Crippen LogP contribution in [0.2, 0.25) is 0 Å². The average molecular weight is 260 g/mol. The standard InChI is InChI=1S/C10H11BrFNO/c11-9-8(1-4-13-10(9)12)7-2-5-14-6-3-7/h1,4,7H,2-3,5-6H2. The van der Waals surface area contributed by atoms with Crippen LogP contribution < -0.4 is 0 Å². The number of nitrogens with zero attached hydrogens (tertiary/aromatic N) is 1. The van der Waals surface area contributed by atoms with E-state index in [1.807, 2.05) is 6.07 Å². The molecule has 2 nitrogen and oxygen atoms in total. The summed E-state index contributed by atoms with van der Waals surface area (Å²) < 4.78 is 18.9. The van der Waals surface area contributed by atoms with Crippen LogP contribution in [0.3, 0.4) is 0 Å². The van der Waals surface area contributed by atoms with Gasteiger partial charge in [-0.2, -0.15) is 4.39 Å². The number of halogens is 2. The molecular weight excluding hydrogens is 249 g/mol. The Hall–Kier alpha value is -0.480. The number of hydrogen-bond donors (Lipinski definition) is 0. The predicted molar refractivity (Wildman–Crippen MR) is 54.7 cm³/mol. The van der Waals surface area contributed by atoms with Crippen molar-refractivity contribution in [3.05, 3.63) is 28.2 Å². The Morgan fingerprint density at radius 2 is 2.14 bits per heavy atom. The van der Waals surface area contributed by atoms with Gasteiger partial charge in [-0.3, -0.25) is 0 Å². The molecule has 2 rings (SSSR count). The van der Waals surface area contributed by atoms with Crippen LogP contribution in [0.25, 0.3) is 0 Å². The largest absolute Gasteiger partial charge is 0.381 e. The Balaban J connectivity index is 2.26. The van der Waals surface area contributed by atoms with Gasteiger partial charge in [0.25, 0.3) is 0 Å². The van der Waals surface area contributed by atoms with Gasteiger partial charge < -0.3 is 4.74 Å². The van der Waals surface area contributed by atoms with Crippen molar-refractivity contribution in [2.45, 2.75) is 18.8 Å². The van der Waals surface area contributed by atoms with E-state index in [1.54, 1.807) is 0 Å². The van der Waals surface area contributed by atoms with E-state index < -0.39 is 5.95 Å². The van der Waals surface area contributed by atoms with Gasteiger partial charge in [0.2, 0.25) is 5.95 Å². The maximum absolute atomic E-state index is 13.1. The second-order valence-electron chi connectivity index (χ2n) is 3.39. The molecule has 0 aliphatic carbocycles. The molecule has 0 aromatic carbocycles. The smallest absolute Gasteiger partial charge is 0.227 e. The van der Waals surface area contributed by atoms with E-state index in [1.165, 1.54) is 6.20 Å². The van der Waals surface area contributed by atoms with Gasteiger partial charge in [0.1, 0.15) is 0 Å². The first-order chi connectivity index (χ1) is 6.79. The van der Waals surface area contributed by atoms with Gasteiger partial charge in [0.05, 0.1) is 4.47 Å². The van der Waals surface area contributed by atoms with E-state index in [4.69, 9.17) is 4.74 Å². The fraction of sp³-hybridized carbons (Fsp3) is 0.500. The van der Waals surface area contributed by atoms with Crippen molar-refractivity contribution in [2.75, 3.05) is 13.2 Å². The van der Waals surface area contributed by atoms with Gasteiger partial charge >= 0.3 is 0 Å². The lowest BCUT2D eigenvalue weighted by Gasteiger charge is -2.23. The first-order valence-corrected chi connectivity index (χ1v) is 5.46. The monoisotopic (exact) mass is 259 g/mol. The molecule has 0 saturated carbocycles. The second-order valence-corrected chi connectivity index (χ2v) is 4.18. The highest BCUT2D eigenvalue weighted by atomic mass is 79.9. The molecule has 1 saturated heterocycles. The van der Waals surface area contributed by atoms with Crippen LogP contribution in [-0.4, -0.2) is 18.2 Å². The highest BCUT2D eigenvalue weighted by molar-refractivity contribution is 9.10. The van der Waals surface area contributed by atoms with Crippen LogP contribution in [0, 0.1) is 5.95 Å². The van der Waals surface area contributed by atoms with Gasteiger partial charge in [0.15, 0.2) is 0 Å². The maximum atomic E-state index is 13.1. The highest BCUT2D eigenvalue weighted by Gasteiger charge is 2.19. The molecule has 0 radical (unpaired) electrons. The lowest BCUT2D eigenvalue weighted by atomic mass is 9.92. The minimum atomic E-state index is -0.422. The normalized spacial score (nSPS) is 18.4. The Bertz CT molecular complexity index is 326. The molecule has 0 atom stereocenters. The lowest BCUT2D eigenvalue weighted by molar-refractivity contribution is 0.0851. The molecule has 76 valence electrons. The zero-order chi connectivity index (χ0) is 9.97. The summed E-state index contributed by atoms with van der Waals surface area (Å²) in [5.41, 5.74) is 1.01. The van der Waals surface area contributed by atoms with Crippen LogP contribution in [0.4, 0.5) is 4.39 Å². The van der Waals surface area contributed by atoms with Crippen LogP contribution in [0.1, 0.15) is 24.3 Å². The van der Waals surface area contributed by atoms with Gasteiger partial charge in [-0.05, 0) is 46.3 Å². The van der Waals surface area contributed by atoms with Gasteiger partial charge in [-0.15, -0.1) is 0 Å². The van der Waals surface area contributed by atoms with E-state index >= 15 is 0 Å². The summed E-state index contributed by atoms with van der Waals surface area (Å²) in [6.07, 6.45) is 3.44. The van der Waals surface area contributed by atoms with Gasteiger partial charge in [0, 0.05) is 19.4 Å². The molecule has 4 heteroatoms. The molecule has 1 aromatic rings. The minimum Gasteiger partial charge on any atom is -0.381 e. The highest BCUT2D eigenvalue weighted by Crippen LogP contribution is 2.32. The number of aromatic nitrogens is 1. The molecule has 0 bridgehead atoms. The van der Waals surface area contributed by atoms with Crippen molar-refractivity contribution in [1.82, 2.24) is 4.98 Å². The van der Waals surface area contributed by atoms with E-state index in [0.717, 1.165) is 31.6 Å². The van der Waals surface area contributed by atoms with Crippen molar-refractivity contribution < 1.29 is 9.13 Å². The molecule has 1 fully saturated rings. The summed E-state index contributed by atoms with van der Waals surface area (Å²) in [5, 5.41) is 0. The summed E-state index contributed by atoms with van der Waals surface area (Å²) in [6.45, 7) is 1.53. The van der Waals surface area contributed by atoms with Crippen molar-refractivity contribution >= 4 is 15.9 Å². The molecule has 0 unspecified atom stereocenters. The molecule has 2 heterocycles. The molecule has 0 N–H and O–H groups in total. The number of pyridine rings is 1. The predicted octanol–water partition coefficient (Wildman–Crippen LogP) is 2.88. The molecule has 1 aliphatic heterocycles. The summed E-state index contributed by atoms with van der Waals surface area (Å²) in [5.74, 6) is -0.0235. The summed E-state index contributed by atoms with van der Waals surface area (Å²) in [6, 6.07) is 1.88. The Morgan fingerprint density at radius 3 is 2.86 bits per heavy atom. The zero-order valence-corrected chi connectivity index (χ0v) is 9.26. The molecule has 1 aliphatic rings. The van der Waals surface area contributed by atoms with Gasteiger partial charge in [-0.25, -0.2) is 4.98 Å². The van der Waals surface area contributed by atoms with Crippen molar-refractivity contribution in [2.24, 2.45) is 0 Å². The molecule has 0 spiro atoms. The number of hydrogen-bond acceptors (Lipinski definition) is 2. The third-order valence-corrected chi connectivity index (χ3v) is 3.32. The Morgan fingerprint density at radius 1 is 1.43 bits per heavy atom. The fourth-order valence-electron chi connectivity index (χ4n) is 1.76. The van der Waals surface area contributed by atoms with Crippen molar-refractivity contribution in [1.29, 1.82) is 0 Å². The quantitative estimate of drug-likeness (QED) is 0.724. The first kappa shape index (κ1) is 10.1. The maximum Gasteiger partial charge on any atom is 0.227 e. The van der Waals surface area contributed by atoms with Crippen molar-refractivity contribution in [3.8, 4) is 0 Å². The van der Waals surface area contributed by atoms with Crippen LogP contribution in [0.15, 0.2) is 16.7 Å². The van der Waals surface area contributed by atoms with E-state index in [2.05, 4.69) is 20.9 Å². The van der Waals surface area contributed by atoms with E-state index in [-0.39, 0.29) is 0 Å². The molecule has 0 amide bonds. The van der Waals surface area contributed by atoms with Crippen molar-refractivity contribution in [3.63, 3.8) is 0 Å². The summed E-state index contributed by atoms with van der Waals surface area (Å²) in [7, 11) is 0. The third kappa shape index (κ3) is 1.96. The first-order valence-electron chi connectivity index (χ1n) is 4.66. The minimum absolute atomic E-state index is 0.399. The lowest BCUT2D eigenvalue weighted by Crippen LogP contribution is -2.14. The average Bonchev–Trinajstić information content (AvgIpc) is 2.23. The Kier molecular flexibility index (Phi) is 3.13. The van der Waals surface area contributed by atoms with Crippen LogP contribution >= 0.6 is 15.9 Å². The van der Waals surface area contributed by atoms with Gasteiger partial charge in [-0.1, -0.05) is 0 Å². The number of ether oxygens (including phenoxy) is 1. The molecule has 1 aromatic heterocycles. The van der Waals surface area contributed by atoms with Crippen LogP contribution in [-0.2, 0) is 4.74 Å². The second kappa shape index (κ2) is 4.36. The van der Waals surface area contributed by atoms with Crippen LogP contribution in [0.5, 0.6) is 0 Å².